The highest BCUT2D eigenvalue weighted by atomic mass is 35.5. The van der Waals surface area contributed by atoms with Crippen LogP contribution in [-0.2, 0) is 10.0 Å². The third-order valence-electron chi connectivity index (χ3n) is 4.88. The van der Waals surface area contributed by atoms with Gasteiger partial charge in [-0.1, -0.05) is 11.6 Å². The molecule has 8 nitrogen and oxygen atoms in total. The molecule has 1 aliphatic carbocycles. The summed E-state index contributed by atoms with van der Waals surface area (Å²) < 4.78 is 55.4. The maximum atomic E-state index is 14.2. The lowest BCUT2D eigenvalue weighted by atomic mass is 10.0. The largest absolute Gasteiger partial charge is 0.276 e. The van der Waals surface area contributed by atoms with E-state index in [0.717, 1.165) is 17.8 Å². The van der Waals surface area contributed by atoms with Crippen LogP contribution in [0, 0.1) is 6.92 Å². The Kier molecular flexibility index (Phi) is 6.17. The van der Waals surface area contributed by atoms with Crippen molar-refractivity contribution in [1.29, 1.82) is 0 Å². The van der Waals surface area contributed by atoms with Gasteiger partial charge in [-0.05, 0) is 49.3 Å². The minimum atomic E-state index is -4.35. The number of nitrogens with zero attached hydrogens (tertiary/aromatic N) is 5. The number of aromatic nitrogens is 2. The van der Waals surface area contributed by atoms with Crippen molar-refractivity contribution < 1.29 is 17.2 Å². The Morgan fingerprint density at radius 2 is 2.00 bits per heavy atom. The molecule has 2 aromatic rings. The summed E-state index contributed by atoms with van der Waals surface area (Å²) in [4.78, 5) is 12.0. The Bertz CT molecular complexity index is 1400. The molecule has 0 radical (unpaired) electrons. The lowest BCUT2D eigenvalue weighted by molar-refractivity contribution is 0.361. The van der Waals surface area contributed by atoms with Crippen LogP contribution in [0.4, 0.5) is 20.3 Å². The predicted molar refractivity (Wildman–Crippen MR) is 122 cm³/mol. The average molecular weight is 491 g/mol. The molecular weight excluding hydrogens is 474 g/mol. The molecule has 1 atom stereocenters. The summed E-state index contributed by atoms with van der Waals surface area (Å²) in [6, 6.07) is 3.38. The van der Waals surface area contributed by atoms with Gasteiger partial charge in [-0.25, -0.2) is 32.2 Å². The molecule has 4 rings (SSSR count). The van der Waals surface area contributed by atoms with Crippen molar-refractivity contribution in [2.75, 3.05) is 4.72 Å². The van der Waals surface area contributed by atoms with Crippen molar-refractivity contribution in [2.24, 2.45) is 15.2 Å². The molecule has 0 saturated carbocycles. The number of hydrogen-bond donors (Lipinski definition) is 1. The molecular formula is C21H17ClF2N6O2S. The molecule has 2 aliphatic rings. The van der Waals surface area contributed by atoms with E-state index in [1.165, 1.54) is 12.4 Å². The summed E-state index contributed by atoms with van der Waals surface area (Å²) in [6.07, 6.45) is 3.90. The topological polar surface area (TPSA) is 109 Å². The summed E-state index contributed by atoms with van der Waals surface area (Å²) in [7, 11) is -4.35. The van der Waals surface area contributed by atoms with E-state index in [0.29, 0.717) is 28.3 Å². The molecule has 170 valence electrons. The van der Waals surface area contributed by atoms with Gasteiger partial charge in [0.15, 0.2) is 16.8 Å². The van der Waals surface area contributed by atoms with Crippen LogP contribution < -0.4 is 4.72 Å². The molecule has 0 bridgehead atoms. The van der Waals surface area contributed by atoms with Crippen molar-refractivity contribution in [3.63, 3.8) is 0 Å². The zero-order chi connectivity index (χ0) is 23.8. The second kappa shape index (κ2) is 8.91. The molecule has 0 aromatic carbocycles. The van der Waals surface area contributed by atoms with Crippen LogP contribution in [0.5, 0.6) is 0 Å². The zero-order valence-electron chi connectivity index (χ0n) is 17.4. The quantitative estimate of drug-likeness (QED) is 0.540. The third kappa shape index (κ3) is 4.88. The molecule has 33 heavy (non-hydrogen) atoms. The molecule has 0 fully saturated rings. The fourth-order valence-corrected chi connectivity index (χ4v) is 4.84. The molecule has 0 spiro atoms. The second-order valence-electron chi connectivity index (χ2n) is 7.28. The third-order valence-corrected chi connectivity index (χ3v) is 6.66. The second-order valence-corrected chi connectivity index (χ2v) is 9.32. The number of aliphatic imine (C=N–C) groups is 1. The van der Waals surface area contributed by atoms with E-state index in [1.807, 2.05) is 0 Å². The van der Waals surface area contributed by atoms with Crippen LogP contribution in [-0.4, -0.2) is 30.4 Å². The number of alkyl halides is 1. The van der Waals surface area contributed by atoms with Gasteiger partial charge >= 0.3 is 0 Å². The van der Waals surface area contributed by atoms with E-state index >= 15 is 0 Å². The van der Waals surface area contributed by atoms with Gasteiger partial charge in [-0.15, -0.1) is 5.11 Å². The molecule has 12 heteroatoms. The minimum Gasteiger partial charge on any atom is -0.276 e. The molecule has 2 aromatic heterocycles. The number of allylic oxidation sites excluding steroid dienone is 5. The van der Waals surface area contributed by atoms with Crippen LogP contribution in [0.25, 0.3) is 11.1 Å². The first kappa shape index (κ1) is 22.9. The van der Waals surface area contributed by atoms with Gasteiger partial charge in [0.2, 0.25) is 0 Å². The Morgan fingerprint density at radius 3 is 2.70 bits per heavy atom. The van der Waals surface area contributed by atoms with Crippen molar-refractivity contribution in [2.45, 2.75) is 26.4 Å². The summed E-state index contributed by atoms with van der Waals surface area (Å²) in [5.41, 5.74) is 2.37. The lowest BCUT2D eigenvalue weighted by Crippen LogP contribution is -2.24. The number of rotatable bonds is 5. The summed E-state index contributed by atoms with van der Waals surface area (Å²) in [5, 5.41) is 7.70. The van der Waals surface area contributed by atoms with Crippen LogP contribution in [0.3, 0.4) is 0 Å². The molecule has 1 N–H and O–H groups in total. The number of nitrogens with one attached hydrogen (secondary N) is 1. The lowest BCUT2D eigenvalue weighted by Gasteiger charge is -2.19. The van der Waals surface area contributed by atoms with E-state index < -0.39 is 33.3 Å². The maximum absolute atomic E-state index is 14.2. The molecule has 0 saturated heterocycles. The highest BCUT2D eigenvalue weighted by molar-refractivity contribution is 7.96. The smallest absolute Gasteiger partial charge is 0.261 e. The molecule has 3 heterocycles. The van der Waals surface area contributed by atoms with Crippen LogP contribution in [0.15, 0.2) is 74.4 Å². The van der Waals surface area contributed by atoms with Crippen LogP contribution in [0.2, 0.25) is 5.15 Å². The van der Waals surface area contributed by atoms with E-state index in [1.54, 1.807) is 32.1 Å². The number of pyridine rings is 2. The number of sulfonamides is 1. The Hall–Kier alpha value is -3.31. The number of halogens is 3. The van der Waals surface area contributed by atoms with Crippen molar-refractivity contribution in [3.05, 3.63) is 69.9 Å². The number of azo groups is 1. The maximum Gasteiger partial charge on any atom is 0.261 e. The van der Waals surface area contributed by atoms with Gasteiger partial charge in [0, 0.05) is 30.5 Å². The van der Waals surface area contributed by atoms with Crippen molar-refractivity contribution in [1.82, 2.24) is 9.97 Å². The Morgan fingerprint density at radius 1 is 1.21 bits per heavy atom. The standard InChI is InChI=1S/C21H17ClF2N6O2S/c1-11-7-19(29-28-11)27-18-8-13(5-6-25-18)15-10-26-21(22)20(12(15)2)30-33(31,32)17-4-3-14(23)9-16(17)24/h3-8,10,16,30H,9H2,1-2H3. The van der Waals surface area contributed by atoms with Crippen LogP contribution >= 0.6 is 11.6 Å². The van der Waals surface area contributed by atoms with Crippen molar-refractivity contribution in [3.8, 4) is 11.1 Å². The first-order chi connectivity index (χ1) is 15.6. The van der Waals surface area contributed by atoms with E-state index in [2.05, 4.69) is 29.9 Å². The first-order valence-electron chi connectivity index (χ1n) is 9.67. The predicted octanol–water partition coefficient (Wildman–Crippen LogP) is 5.73. The monoisotopic (exact) mass is 490 g/mol. The average Bonchev–Trinajstić information content (AvgIpc) is 3.15. The van der Waals surface area contributed by atoms with Crippen LogP contribution in [0.1, 0.15) is 18.9 Å². The van der Waals surface area contributed by atoms with Gasteiger partial charge in [-0.3, -0.25) is 4.72 Å². The van der Waals surface area contributed by atoms with Gasteiger partial charge in [0.05, 0.1) is 16.3 Å². The van der Waals surface area contributed by atoms with E-state index in [-0.39, 0.29) is 10.8 Å². The van der Waals surface area contributed by atoms with Gasteiger partial charge in [-0.2, -0.15) is 5.11 Å². The van der Waals surface area contributed by atoms with E-state index in [9.17, 15) is 17.2 Å². The summed E-state index contributed by atoms with van der Waals surface area (Å²) >= 11 is 6.17. The molecule has 1 aliphatic heterocycles. The SMILES string of the molecule is CC1=CC(=Nc2cc(-c3cnc(Cl)c(NS(=O)(=O)C4=CC=C(F)CC4F)c3C)ccn2)N=N1. The highest BCUT2D eigenvalue weighted by Gasteiger charge is 2.31. The molecule has 1 unspecified atom stereocenters. The fourth-order valence-electron chi connectivity index (χ4n) is 3.24. The number of amidine groups is 1. The van der Waals surface area contributed by atoms with Gasteiger partial charge < -0.3 is 0 Å². The highest BCUT2D eigenvalue weighted by Crippen LogP contribution is 2.36. The Balaban J connectivity index is 1.70. The minimum absolute atomic E-state index is 0.00915. The zero-order valence-corrected chi connectivity index (χ0v) is 19.0. The number of hydrogen-bond acceptors (Lipinski definition) is 6. The van der Waals surface area contributed by atoms with Gasteiger partial charge in [0.1, 0.15) is 12.0 Å². The summed E-state index contributed by atoms with van der Waals surface area (Å²) in [5.74, 6) is 0.0371. The Labute approximate surface area is 193 Å². The first-order valence-corrected chi connectivity index (χ1v) is 11.5. The summed E-state index contributed by atoms with van der Waals surface area (Å²) in [6.45, 7) is 3.44. The number of anilines is 1. The van der Waals surface area contributed by atoms with E-state index in [4.69, 9.17) is 11.6 Å². The van der Waals surface area contributed by atoms with Crippen molar-refractivity contribution >= 4 is 39.0 Å². The van der Waals surface area contributed by atoms with Gasteiger partial charge in [0.25, 0.3) is 10.0 Å². The fraction of sp³-hybridized carbons (Fsp3) is 0.190. The molecule has 0 amide bonds. The normalized spacial score (nSPS) is 19.4.